The number of benzene rings is 1. The van der Waals surface area contributed by atoms with Crippen molar-refractivity contribution in [3.63, 3.8) is 0 Å². The Hall–Kier alpha value is -3.69. The van der Waals surface area contributed by atoms with Gasteiger partial charge in [-0.25, -0.2) is 0 Å². The Morgan fingerprint density at radius 1 is 1.23 bits per heavy atom. The molecule has 0 spiro atoms. The van der Waals surface area contributed by atoms with E-state index in [0.717, 1.165) is 22.3 Å². The maximum atomic E-state index is 12.2. The van der Waals surface area contributed by atoms with Crippen LogP contribution < -0.4 is 15.4 Å². The van der Waals surface area contributed by atoms with Crippen LogP contribution in [0.2, 0.25) is 0 Å². The minimum Gasteiger partial charge on any atom is -0.484 e. The van der Waals surface area contributed by atoms with Crippen LogP contribution in [0.1, 0.15) is 35.8 Å². The second-order valence-electron chi connectivity index (χ2n) is 7.66. The summed E-state index contributed by atoms with van der Waals surface area (Å²) < 4.78 is 9.06. The number of aromatic nitrogens is 4. The lowest BCUT2D eigenvalue weighted by atomic mass is 9.93. The molecule has 31 heavy (non-hydrogen) atoms. The van der Waals surface area contributed by atoms with Crippen LogP contribution in [-0.2, 0) is 35.0 Å². The highest BCUT2D eigenvalue weighted by atomic mass is 16.5. The largest absolute Gasteiger partial charge is 0.484 e. The summed E-state index contributed by atoms with van der Waals surface area (Å²) in [6.45, 7) is 2.15. The molecule has 10 nitrogen and oxygen atoms in total. The number of nitrogens with one attached hydrogen (secondary N) is 2. The van der Waals surface area contributed by atoms with E-state index in [1.54, 1.807) is 28.5 Å². The van der Waals surface area contributed by atoms with Gasteiger partial charge in [0, 0.05) is 37.7 Å². The Morgan fingerprint density at radius 3 is 2.74 bits per heavy atom. The summed E-state index contributed by atoms with van der Waals surface area (Å²) in [6.07, 6.45) is 0.730. The number of fused-ring (bicyclic) bond motifs is 1. The molecule has 3 amide bonds. The third kappa shape index (κ3) is 4.27. The third-order valence-corrected chi connectivity index (χ3v) is 5.42. The maximum Gasteiger partial charge on any atom is 0.258 e. The highest BCUT2D eigenvalue weighted by Crippen LogP contribution is 2.31. The summed E-state index contributed by atoms with van der Waals surface area (Å²) in [4.78, 5) is 35.8. The van der Waals surface area contributed by atoms with Gasteiger partial charge in [-0.1, -0.05) is 0 Å². The second kappa shape index (κ2) is 8.21. The molecule has 162 valence electrons. The van der Waals surface area contributed by atoms with Gasteiger partial charge >= 0.3 is 0 Å². The van der Waals surface area contributed by atoms with E-state index < -0.39 is 5.92 Å². The lowest BCUT2D eigenvalue weighted by Gasteiger charge is -2.19. The van der Waals surface area contributed by atoms with Gasteiger partial charge in [-0.15, -0.1) is 0 Å². The Bertz CT molecular complexity index is 1160. The molecular formula is C21H24N6O4. The highest BCUT2D eigenvalue weighted by Gasteiger charge is 2.31. The first-order chi connectivity index (χ1) is 14.8. The minimum absolute atomic E-state index is 0.130. The number of ether oxygens (including phenoxy) is 1. The van der Waals surface area contributed by atoms with Crippen LogP contribution >= 0.6 is 0 Å². The first kappa shape index (κ1) is 20.6. The normalized spacial score (nSPS) is 16.4. The van der Waals surface area contributed by atoms with Crippen molar-refractivity contribution in [1.29, 1.82) is 0 Å². The molecule has 0 bridgehead atoms. The molecule has 3 aromatic rings. The zero-order valence-corrected chi connectivity index (χ0v) is 17.6. The summed E-state index contributed by atoms with van der Waals surface area (Å²) >= 11 is 0. The van der Waals surface area contributed by atoms with Crippen molar-refractivity contribution in [2.45, 2.75) is 32.2 Å². The molecule has 3 heterocycles. The van der Waals surface area contributed by atoms with E-state index in [9.17, 15) is 14.4 Å². The summed E-state index contributed by atoms with van der Waals surface area (Å²) in [6, 6.07) is 7.27. The number of hydrogen-bond acceptors (Lipinski definition) is 6. The zero-order valence-electron chi connectivity index (χ0n) is 17.6. The van der Waals surface area contributed by atoms with Crippen molar-refractivity contribution in [2.75, 3.05) is 6.61 Å². The third-order valence-electron chi connectivity index (χ3n) is 5.42. The molecule has 1 aliphatic rings. The number of hydrogen-bond donors (Lipinski definition) is 2. The molecule has 1 unspecified atom stereocenters. The summed E-state index contributed by atoms with van der Waals surface area (Å²) in [7, 11) is 3.63. The average molecular weight is 424 g/mol. The van der Waals surface area contributed by atoms with Crippen LogP contribution in [0.15, 0.2) is 24.3 Å². The molecule has 0 radical (unpaired) electrons. The molecule has 2 N–H and O–H groups in total. The second-order valence-corrected chi connectivity index (χ2v) is 7.66. The molecule has 1 aliphatic heterocycles. The van der Waals surface area contributed by atoms with Gasteiger partial charge in [-0.3, -0.25) is 29.1 Å². The number of carbonyl (C=O) groups is 3. The number of nitrogens with zero attached hydrogens (tertiary/aromatic N) is 4. The van der Waals surface area contributed by atoms with Gasteiger partial charge in [0.25, 0.3) is 5.91 Å². The Kier molecular flexibility index (Phi) is 5.45. The van der Waals surface area contributed by atoms with E-state index in [1.807, 2.05) is 26.1 Å². The molecule has 1 aromatic carbocycles. The molecular weight excluding hydrogens is 400 g/mol. The quantitative estimate of drug-likeness (QED) is 0.566. The number of imide groups is 1. The van der Waals surface area contributed by atoms with Crippen molar-refractivity contribution in [2.24, 2.45) is 14.1 Å². The van der Waals surface area contributed by atoms with E-state index in [2.05, 4.69) is 20.8 Å². The fourth-order valence-corrected chi connectivity index (χ4v) is 3.68. The van der Waals surface area contributed by atoms with Gasteiger partial charge in [-0.2, -0.15) is 10.2 Å². The maximum absolute atomic E-state index is 12.2. The Labute approximate surface area is 178 Å². The number of carbonyl (C=O) groups excluding carboxylic acids is 3. The van der Waals surface area contributed by atoms with Crippen LogP contribution in [0, 0.1) is 6.92 Å². The van der Waals surface area contributed by atoms with E-state index in [4.69, 9.17) is 4.74 Å². The van der Waals surface area contributed by atoms with Gasteiger partial charge in [0.2, 0.25) is 11.8 Å². The van der Waals surface area contributed by atoms with Crippen LogP contribution in [-0.4, -0.2) is 43.9 Å². The van der Waals surface area contributed by atoms with Crippen molar-refractivity contribution >= 4 is 28.6 Å². The minimum atomic E-state index is -0.464. The fourth-order valence-electron chi connectivity index (χ4n) is 3.68. The highest BCUT2D eigenvalue weighted by molar-refractivity contribution is 6.02. The topological polar surface area (TPSA) is 120 Å². The molecule has 1 fully saturated rings. The first-order valence-electron chi connectivity index (χ1n) is 10.0. The summed E-state index contributed by atoms with van der Waals surface area (Å²) in [5, 5.41) is 14.8. The number of aryl methyl sites for hydroxylation is 3. The van der Waals surface area contributed by atoms with Gasteiger partial charge in [-0.05, 0) is 31.5 Å². The molecule has 2 aromatic heterocycles. The lowest BCUT2D eigenvalue weighted by Crippen LogP contribution is -2.39. The van der Waals surface area contributed by atoms with Crippen molar-refractivity contribution in [3.05, 3.63) is 41.3 Å². The van der Waals surface area contributed by atoms with Gasteiger partial charge < -0.3 is 10.1 Å². The fraction of sp³-hybridized carbons (Fsp3) is 0.381. The summed E-state index contributed by atoms with van der Waals surface area (Å²) in [5.74, 6) is -0.772. The van der Waals surface area contributed by atoms with Crippen LogP contribution in [0.4, 0.5) is 0 Å². The zero-order chi connectivity index (χ0) is 22.1. The molecule has 0 saturated carbocycles. The van der Waals surface area contributed by atoms with Gasteiger partial charge in [0.1, 0.15) is 5.75 Å². The van der Waals surface area contributed by atoms with Gasteiger partial charge in [0.15, 0.2) is 6.61 Å². The number of amides is 3. The van der Waals surface area contributed by atoms with E-state index in [-0.39, 0.29) is 24.3 Å². The summed E-state index contributed by atoms with van der Waals surface area (Å²) in [5.41, 5.74) is 3.21. The molecule has 1 saturated heterocycles. The van der Waals surface area contributed by atoms with Crippen LogP contribution in [0.25, 0.3) is 10.9 Å². The SMILES string of the molecule is Cc1cc(CNC(=O)COc2ccc3c(C4CCC(=O)NC4=O)nn(C)c3c2)nn1C. The van der Waals surface area contributed by atoms with Gasteiger partial charge in [0.05, 0.1) is 29.4 Å². The predicted molar refractivity (Wildman–Crippen MR) is 111 cm³/mol. The monoisotopic (exact) mass is 424 g/mol. The standard InChI is InChI=1S/C21H24N6O4/c1-12-8-13(24-26(12)2)10-22-19(29)11-31-14-4-5-15-17(9-14)27(3)25-20(15)16-6-7-18(28)23-21(16)30/h4-5,8-9,16H,6-7,10-11H2,1-3H3,(H,22,29)(H,23,28,30). The smallest absolute Gasteiger partial charge is 0.258 e. The lowest BCUT2D eigenvalue weighted by molar-refractivity contribution is -0.134. The van der Waals surface area contributed by atoms with Crippen molar-refractivity contribution < 1.29 is 19.1 Å². The molecule has 10 heteroatoms. The average Bonchev–Trinajstić information content (AvgIpc) is 3.23. The van der Waals surface area contributed by atoms with Crippen molar-refractivity contribution in [1.82, 2.24) is 30.2 Å². The first-order valence-corrected chi connectivity index (χ1v) is 10.0. The molecule has 0 aliphatic carbocycles. The van der Waals surface area contributed by atoms with Crippen LogP contribution in [0.5, 0.6) is 5.75 Å². The van der Waals surface area contributed by atoms with E-state index in [1.165, 1.54) is 0 Å². The van der Waals surface area contributed by atoms with E-state index in [0.29, 0.717) is 30.8 Å². The van der Waals surface area contributed by atoms with Crippen molar-refractivity contribution in [3.8, 4) is 5.75 Å². The molecule has 4 rings (SSSR count). The number of rotatable bonds is 6. The van der Waals surface area contributed by atoms with Crippen LogP contribution in [0.3, 0.4) is 0 Å². The Morgan fingerprint density at radius 2 is 2.03 bits per heavy atom. The van der Waals surface area contributed by atoms with E-state index >= 15 is 0 Å². The predicted octanol–water partition coefficient (Wildman–Crippen LogP) is 0.831. The molecule has 1 atom stereocenters. The Balaban J connectivity index is 1.41. The number of piperidine rings is 1.